The molecule has 2 aromatic rings. The van der Waals surface area contributed by atoms with E-state index in [1.165, 1.54) is 10.7 Å². The van der Waals surface area contributed by atoms with Gasteiger partial charge in [0.1, 0.15) is 5.69 Å². The average molecular weight is 332 g/mol. The number of nitrogens with zero attached hydrogens (tertiary/aromatic N) is 2. The molecule has 7 heteroatoms. The van der Waals surface area contributed by atoms with Crippen molar-refractivity contribution in [2.75, 3.05) is 12.3 Å². The lowest BCUT2D eigenvalue weighted by Crippen LogP contribution is -2.33. The third kappa shape index (κ3) is 3.26. The van der Waals surface area contributed by atoms with Crippen LogP contribution >= 0.6 is 0 Å². The number of halogens is 1. The summed E-state index contributed by atoms with van der Waals surface area (Å²) < 4.78 is 15.5. The molecule has 128 valence electrons. The first kappa shape index (κ1) is 16.4. The number of hydrogen-bond donors (Lipinski definition) is 3. The van der Waals surface area contributed by atoms with Crippen molar-refractivity contribution in [2.24, 2.45) is 5.92 Å². The normalized spacial score (nSPS) is 20.3. The zero-order valence-electron chi connectivity index (χ0n) is 13.5. The third-order valence-corrected chi connectivity index (χ3v) is 4.47. The SMILES string of the molecule is Cc1cnn(-c2cc(C(=O)NC[C@@H]3CCC[C@@H]3O)c(N)cc2F)c1. The lowest BCUT2D eigenvalue weighted by molar-refractivity contribution is 0.0917. The molecule has 0 unspecified atom stereocenters. The highest BCUT2D eigenvalue weighted by molar-refractivity contribution is 5.99. The number of rotatable bonds is 4. The van der Waals surface area contributed by atoms with Crippen molar-refractivity contribution >= 4 is 11.6 Å². The van der Waals surface area contributed by atoms with Crippen molar-refractivity contribution < 1.29 is 14.3 Å². The number of benzene rings is 1. The lowest BCUT2D eigenvalue weighted by atomic mass is 10.1. The van der Waals surface area contributed by atoms with Crippen molar-refractivity contribution in [3.05, 3.63) is 41.5 Å². The molecule has 0 aliphatic heterocycles. The maximum atomic E-state index is 14.2. The highest BCUT2D eigenvalue weighted by atomic mass is 19.1. The van der Waals surface area contributed by atoms with E-state index >= 15 is 0 Å². The van der Waals surface area contributed by atoms with Gasteiger partial charge in [0, 0.05) is 24.3 Å². The van der Waals surface area contributed by atoms with E-state index in [0.29, 0.717) is 6.54 Å². The Morgan fingerprint density at radius 1 is 1.50 bits per heavy atom. The molecule has 1 fully saturated rings. The first-order valence-electron chi connectivity index (χ1n) is 8.02. The number of anilines is 1. The van der Waals surface area contributed by atoms with Crippen LogP contribution in [0.4, 0.5) is 10.1 Å². The second kappa shape index (κ2) is 6.60. The molecular weight excluding hydrogens is 311 g/mol. The van der Waals surface area contributed by atoms with Gasteiger partial charge in [0.15, 0.2) is 5.82 Å². The summed E-state index contributed by atoms with van der Waals surface area (Å²) in [6.07, 6.45) is 5.52. The fourth-order valence-electron chi connectivity index (χ4n) is 3.07. The second-order valence-corrected chi connectivity index (χ2v) is 6.32. The number of nitrogen functional groups attached to an aromatic ring is 1. The molecule has 3 rings (SSSR count). The first-order valence-corrected chi connectivity index (χ1v) is 8.02. The number of amides is 1. The Labute approximate surface area is 139 Å². The van der Waals surface area contributed by atoms with E-state index in [0.717, 1.165) is 30.9 Å². The fraction of sp³-hybridized carbons (Fsp3) is 0.412. The van der Waals surface area contributed by atoms with Gasteiger partial charge >= 0.3 is 0 Å². The van der Waals surface area contributed by atoms with Crippen LogP contribution in [-0.2, 0) is 0 Å². The topological polar surface area (TPSA) is 93.2 Å². The first-order chi connectivity index (χ1) is 11.5. The van der Waals surface area contributed by atoms with Gasteiger partial charge in [-0.05, 0) is 37.5 Å². The van der Waals surface area contributed by atoms with Crippen molar-refractivity contribution in [3.8, 4) is 5.69 Å². The summed E-state index contributed by atoms with van der Waals surface area (Å²) in [5, 5.41) is 16.7. The highest BCUT2D eigenvalue weighted by Crippen LogP contribution is 2.25. The number of aromatic nitrogens is 2. The van der Waals surface area contributed by atoms with Crippen LogP contribution in [0, 0.1) is 18.7 Å². The van der Waals surface area contributed by atoms with Crippen molar-refractivity contribution in [3.63, 3.8) is 0 Å². The van der Waals surface area contributed by atoms with E-state index < -0.39 is 5.82 Å². The lowest BCUT2D eigenvalue weighted by Gasteiger charge is -2.16. The minimum atomic E-state index is -0.543. The van der Waals surface area contributed by atoms with Gasteiger partial charge in [-0.15, -0.1) is 0 Å². The van der Waals surface area contributed by atoms with Crippen LogP contribution in [-0.4, -0.2) is 33.4 Å². The molecule has 0 bridgehead atoms. The van der Waals surface area contributed by atoms with Gasteiger partial charge in [-0.3, -0.25) is 4.79 Å². The molecule has 6 nitrogen and oxygen atoms in total. The quantitative estimate of drug-likeness (QED) is 0.744. The summed E-state index contributed by atoms with van der Waals surface area (Å²) >= 11 is 0. The van der Waals surface area contributed by atoms with Gasteiger partial charge in [0.05, 0.1) is 17.9 Å². The molecule has 1 aliphatic carbocycles. The molecule has 1 aromatic heterocycles. The fourth-order valence-corrected chi connectivity index (χ4v) is 3.07. The predicted octanol–water partition coefficient (Wildman–Crippen LogP) is 1.79. The van der Waals surface area contributed by atoms with Crippen LogP contribution in [0.2, 0.25) is 0 Å². The number of aliphatic hydroxyl groups is 1. The number of carbonyl (C=O) groups excluding carboxylic acids is 1. The van der Waals surface area contributed by atoms with E-state index in [9.17, 15) is 14.3 Å². The van der Waals surface area contributed by atoms with Crippen LogP contribution in [0.3, 0.4) is 0 Å². The molecule has 1 aromatic carbocycles. The number of aliphatic hydroxyl groups excluding tert-OH is 1. The summed E-state index contributed by atoms with van der Waals surface area (Å²) in [5.74, 6) is -0.862. The van der Waals surface area contributed by atoms with Gasteiger partial charge in [-0.25, -0.2) is 9.07 Å². The molecule has 2 atom stereocenters. The molecule has 24 heavy (non-hydrogen) atoms. The number of nitrogens with two attached hydrogens (primary N) is 1. The number of aryl methyl sites for hydroxylation is 1. The van der Waals surface area contributed by atoms with Crippen molar-refractivity contribution in [2.45, 2.75) is 32.3 Å². The molecule has 0 saturated heterocycles. The number of hydrogen-bond acceptors (Lipinski definition) is 4. The average Bonchev–Trinajstić information content (AvgIpc) is 3.13. The monoisotopic (exact) mass is 332 g/mol. The maximum Gasteiger partial charge on any atom is 0.253 e. The Bertz CT molecular complexity index is 759. The van der Waals surface area contributed by atoms with Crippen LogP contribution in [0.1, 0.15) is 35.2 Å². The van der Waals surface area contributed by atoms with Crippen LogP contribution in [0.5, 0.6) is 0 Å². The van der Waals surface area contributed by atoms with Crippen molar-refractivity contribution in [1.29, 1.82) is 0 Å². The van der Waals surface area contributed by atoms with E-state index in [4.69, 9.17) is 5.73 Å². The number of carbonyl (C=O) groups is 1. The van der Waals surface area contributed by atoms with E-state index in [-0.39, 0.29) is 34.9 Å². The molecule has 4 N–H and O–H groups in total. The Morgan fingerprint density at radius 2 is 2.29 bits per heavy atom. The zero-order valence-corrected chi connectivity index (χ0v) is 13.5. The standard InChI is InChI=1S/C17H21FN4O2/c1-10-7-21-22(9-10)15-5-12(14(19)6-13(15)18)17(24)20-8-11-3-2-4-16(11)23/h5-7,9,11,16,23H,2-4,8,19H2,1H3,(H,20,24)/t11-,16-/m0/s1. The largest absolute Gasteiger partial charge is 0.398 e. The van der Waals surface area contributed by atoms with Gasteiger partial charge in [-0.2, -0.15) is 5.10 Å². The molecule has 1 saturated carbocycles. The summed E-state index contributed by atoms with van der Waals surface area (Å²) in [4.78, 5) is 12.4. The number of nitrogens with one attached hydrogen (secondary N) is 1. The maximum absolute atomic E-state index is 14.2. The van der Waals surface area contributed by atoms with Gasteiger partial charge in [0.25, 0.3) is 5.91 Å². The Hall–Kier alpha value is -2.41. The van der Waals surface area contributed by atoms with Gasteiger partial charge < -0.3 is 16.2 Å². The van der Waals surface area contributed by atoms with Crippen molar-refractivity contribution in [1.82, 2.24) is 15.1 Å². The predicted molar refractivity (Wildman–Crippen MR) is 88.4 cm³/mol. The summed E-state index contributed by atoms with van der Waals surface area (Å²) in [6, 6.07) is 2.53. The minimum absolute atomic E-state index is 0.0591. The molecule has 1 heterocycles. The molecule has 0 spiro atoms. The molecule has 0 radical (unpaired) electrons. The summed E-state index contributed by atoms with van der Waals surface area (Å²) in [7, 11) is 0. The zero-order chi connectivity index (χ0) is 17.3. The Balaban J connectivity index is 1.80. The van der Waals surface area contributed by atoms with E-state index in [2.05, 4.69) is 10.4 Å². The van der Waals surface area contributed by atoms with Crippen LogP contribution in [0.25, 0.3) is 5.69 Å². The summed E-state index contributed by atoms with van der Waals surface area (Å²) in [5.41, 5.74) is 7.13. The Morgan fingerprint density at radius 3 is 2.92 bits per heavy atom. The van der Waals surface area contributed by atoms with E-state index in [1.54, 1.807) is 12.4 Å². The molecule has 1 amide bonds. The Kier molecular flexibility index (Phi) is 4.53. The second-order valence-electron chi connectivity index (χ2n) is 6.32. The van der Waals surface area contributed by atoms with Gasteiger partial charge in [0.2, 0.25) is 0 Å². The van der Waals surface area contributed by atoms with Gasteiger partial charge in [-0.1, -0.05) is 6.42 Å². The van der Waals surface area contributed by atoms with Crippen LogP contribution < -0.4 is 11.1 Å². The highest BCUT2D eigenvalue weighted by Gasteiger charge is 2.26. The summed E-state index contributed by atoms with van der Waals surface area (Å²) in [6.45, 7) is 2.23. The molecule has 1 aliphatic rings. The smallest absolute Gasteiger partial charge is 0.253 e. The third-order valence-electron chi connectivity index (χ3n) is 4.47. The minimum Gasteiger partial charge on any atom is -0.398 e. The van der Waals surface area contributed by atoms with E-state index in [1.807, 2.05) is 6.92 Å². The molecular formula is C17H21FN4O2. The van der Waals surface area contributed by atoms with Crippen LogP contribution in [0.15, 0.2) is 24.5 Å².